The van der Waals surface area contributed by atoms with Gasteiger partial charge in [-0.15, -0.1) is 0 Å². The van der Waals surface area contributed by atoms with Gasteiger partial charge in [0, 0.05) is 54.7 Å². The van der Waals surface area contributed by atoms with E-state index in [1.54, 1.807) is 19.9 Å². The molecule has 2 aliphatic carbocycles. The van der Waals surface area contributed by atoms with Gasteiger partial charge in [-0.1, -0.05) is 63.1 Å². The average molecular weight is 877 g/mol. The van der Waals surface area contributed by atoms with Crippen LogP contribution in [0.3, 0.4) is 0 Å². The zero-order valence-corrected chi connectivity index (χ0v) is 36.9. The maximum absolute atomic E-state index is 13.4. The van der Waals surface area contributed by atoms with Gasteiger partial charge in [0.1, 0.15) is 6.23 Å². The number of aryl methyl sites for hydroxylation is 4. The van der Waals surface area contributed by atoms with E-state index in [2.05, 4.69) is 40.7 Å². The van der Waals surface area contributed by atoms with Gasteiger partial charge in [0.15, 0.2) is 0 Å². The fraction of sp³-hybridized carbons (Fsp3) is 0.480. The average Bonchev–Trinajstić information content (AvgIpc) is 4.02. The van der Waals surface area contributed by atoms with Crippen molar-refractivity contribution in [1.82, 2.24) is 10.6 Å². The lowest BCUT2D eigenvalue weighted by Gasteiger charge is -2.33. The zero-order chi connectivity index (χ0) is 45.6. The van der Waals surface area contributed by atoms with Crippen LogP contribution in [0, 0.1) is 13.8 Å². The number of hydrogen-bond donors (Lipinski definition) is 3. The van der Waals surface area contributed by atoms with Crippen LogP contribution >= 0.6 is 0 Å². The highest BCUT2D eigenvalue weighted by Gasteiger charge is 2.46. The van der Waals surface area contributed by atoms with Crippen LogP contribution in [-0.2, 0) is 45.6 Å². The lowest BCUT2D eigenvalue weighted by Crippen LogP contribution is -2.41. The van der Waals surface area contributed by atoms with Crippen LogP contribution in [0.4, 0.5) is 37.7 Å². The third-order valence-electron chi connectivity index (χ3n) is 13.8. The number of aliphatic hydroxyl groups is 1. The summed E-state index contributed by atoms with van der Waals surface area (Å²) in [5.41, 5.74) is 6.65. The molecule has 7 nitrogen and oxygen atoms in total. The number of carbonyl (C=O) groups excluding carboxylic acids is 2. The summed E-state index contributed by atoms with van der Waals surface area (Å²) in [6.07, 6.45) is -3.92. The minimum absolute atomic E-state index is 0.00773. The number of aliphatic hydroxyl groups excluding tert-OH is 1. The molecule has 3 N–H and O–H groups in total. The Labute approximate surface area is 366 Å². The molecule has 4 aromatic rings. The fourth-order valence-corrected chi connectivity index (χ4v) is 9.98. The number of hydrogen-bond acceptors (Lipinski definition) is 5. The van der Waals surface area contributed by atoms with Crippen molar-refractivity contribution in [1.29, 1.82) is 0 Å². The van der Waals surface area contributed by atoms with Crippen molar-refractivity contribution in [2.75, 3.05) is 29.4 Å². The minimum atomic E-state index is -4.43. The molecule has 13 heteroatoms. The van der Waals surface area contributed by atoms with Crippen molar-refractivity contribution in [3.63, 3.8) is 0 Å². The highest BCUT2D eigenvalue weighted by atomic mass is 19.4. The highest BCUT2D eigenvalue weighted by Crippen LogP contribution is 2.45. The van der Waals surface area contributed by atoms with E-state index in [9.17, 15) is 41.0 Å². The first-order valence-electron chi connectivity index (χ1n) is 22.0. The van der Waals surface area contributed by atoms with Crippen LogP contribution in [-0.4, -0.2) is 42.8 Å². The predicted octanol–water partition coefficient (Wildman–Crippen LogP) is 10.7. The predicted molar refractivity (Wildman–Crippen MR) is 234 cm³/mol. The van der Waals surface area contributed by atoms with Crippen molar-refractivity contribution < 1.29 is 41.0 Å². The molecule has 63 heavy (non-hydrogen) atoms. The van der Waals surface area contributed by atoms with Gasteiger partial charge in [-0.2, -0.15) is 26.3 Å². The molecule has 2 heterocycles. The van der Waals surface area contributed by atoms with E-state index in [-0.39, 0.29) is 29.3 Å². The second-order valence-corrected chi connectivity index (χ2v) is 18.4. The molecular formula is C50H58F6N4O3. The molecule has 2 aliphatic heterocycles. The van der Waals surface area contributed by atoms with Gasteiger partial charge < -0.3 is 25.5 Å². The molecule has 2 fully saturated rings. The van der Waals surface area contributed by atoms with Gasteiger partial charge in [0.05, 0.1) is 23.2 Å². The zero-order valence-electron chi connectivity index (χ0n) is 36.9. The molecule has 5 unspecified atom stereocenters. The molecule has 0 aromatic heterocycles. The Hall–Kier alpha value is -5.04. The standard InChI is InChI=1S/C25H29F3N2O2.C25H29F3N2O/c1-4-22(31)29-21-8-5-16-13-19(6-7-20(16)21)30-10-9-24(3,23(30)32)17-11-15(2)12-18(14-17)25(26,27)28;1-4-23(31)29-22-8-5-17-13-20(6-7-21(17)22)30-10-9-24(3,15-30)18-11-16(2)12-19(14-18)25(26,27)28/h6-7,11-14,21,23,32H,4-5,8-10H2,1-3H3,(H,29,31);6-7,11-14,22H,4-5,8-10,15H2,1-3H3,(H,29,31). The van der Waals surface area contributed by atoms with E-state index in [1.165, 1.54) is 29.3 Å². The monoisotopic (exact) mass is 876 g/mol. The number of alkyl halides is 6. The summed E-state index contributed by atoms with van der Waals surface area (Å²) in [7, 11) is 0. The number of anilines is 2. The fourth-order valence-electron chi connectivity index (χ4n) is 9.98. The topological polar surface area (TPSA) is 84.9 Å². The van der Waals surface area contributed by atoms with E-state index in [4.69, 9.17) is 0 Å². The molecule has 5 atom stereocenters. The van der Waals surface area contributed by atoms with Crippen molar-refractivity contribution in [2.24, 2.45) is 0 Å². The highest BCUT2D eigenvalue weighted by molar-refractivity contribution is 5.77. The normalized spacial score (nSPS) is 24.2. The second kappa shape index (κ2) is 17.5. The molecule has 0 radical (unpaired) electrons. The summed E-state index contributed by atoms with van der Waals surface area (Å²) in [5.74, 6) is 0.0858. The first-order valence-corrected chi connectivity index (χ1v) is 22.0. The van der Waals surface area contributed by atoms with Crippen molar-refractivity contribution in [3.05, 3.63) is 128 Å². The van der Waals surface area contributed by atoms with Crippen molar-refractivity contribution in [2.45, 2.75) is 134 Å². The Bertz CT molecular complexity index is 2360. The summed E-state index contributed by atoms with van der Waals surface area (Å²) in [4.78, 5) is 27.7. The maximum Gasteiger partial charge on any atom is 0.416 e. The first-order chi connectivity index (χ1) is 29.6. The Morgan fingerprint density at radius 2 is 1.17 bits per heavy atom. The summed E-state index contributed by atoms with van der Waals surface area (Å²) >= 11 is 0. The summed E-state index contributed by atoms with van der Waals surface area (Å²) < 4.78 is 80.1. The number of carbonyl (C=O) groups is 2. The molecule has 4 aliphatic rings. The van der Waals surface area contributed by atoms with Crippen LogP contribution in [0.25, 0.3) is 0 Å². The van der Waals surface area contributed by atoms with Gasteiger partial charge >= 0.3 is 12.4 Å². The minimum Gasteiger partial charge on any atom is -0.373 e. The number of amides is 2. The van der Waals surface area contributed by atoms with Crippen molar-refractivity contribution in [3.8, 4) is 0 Å². The van der Waals surface area contributed by atoms with Gasteiger partial charge in [-0.05, 0) is 134 Å². The number of fused-ring (bicyclic) bond motifs is 2. The smallest absolute Gasteiger partial charge is 0.373 e. The van der Waals surface area contributed by atoms with Gasteiger partial charge in [-0.25, -0.2) is 0 Å². The number of halogens is 6. The van der Waals surface area contributed by atoms with Gasteiger partial charge in [0.25, 0.3) is 0 Å². The molecule has 2 saturated heterocycles. The summed E-state index contributed by atoms with van der Waals surface area (Å²) in [6.45, 7) is 13.0. The Kier molecular flexibility index (Phi) is 12.8. The third-order valence-corrected chi connectivity index (χ3v) is 13.8. The van der Waals surface area contributed by atoms with Gasteiger partial charge in [0.2, 0.25) is 11.8 Å². The molecular weight excluding hydrogens is 819 g/mol. The molecule has 338 valence electrons. The first kappa shape index (κ1) is 46.0. The summed E-state index contributed by atoms with van der Waals surface area (Å²) in [6, 6.07) is 20.9. The van der Waals surface area contributed by atoms with Crippen LogP contribution in [0.5, 0.6) is 0 Å². The largest absolute Gasteiger partial charge is 0.416 e. The van der Waals surface area contributed by atoms with E-state index in [0.717, 1.165) is 72.8 Å². The van der Waals surface area contributed by atoms with Crippen LogP contribution in [0.15, 0.2) is 72.8 Å². The van der Waals surface area contributed by atoms with Crippen LogP contribution in [0.2, 0.25) is 0 Å². The molecule has 2 amide bonds. The second-order valence-electron chi connectivity index (χ2n) is 18.4. The van der Waals surface area contributed by atoms with Crippen LogP contribution < -0.4 is 20.4 Å². The SMILES string of the molecule is CCC(=O)NC1CCc2cc(N3CCC(C)(c4cc(C)cc(C(F)(F)F)c4)C3)ccc21.CCC(=O)NC1CCc2cc(N3CCC(C)(c4cc(C)cc(C(F)(F)F)c4)C3O)ccc21. The van der Waals surface area contributed by atoms with E-state index >= 15 is 0 Å². The number of benzene rings is 4. The molecule has 8 rings (SSSR count). The summed E-state index contributed by atoms with van der Waals surface area (Å²) in [5, 5.41) is 17.4. The number of nitrogens with one attached hydrogen (secondary N) is 2. The number of rotatable bonds is 8. The van der Waals surface area contributed by atoms with Gasteiger partial charge in [-0.3, -0.25) is 9.59 Å². The van der Waals surface area contributed by atoms with E-state index in [0.29, 0.717) is 49.0 Å². The van der Waals surface area contributed by atoms with E-state index in [1.807, 2.05) is 49.9 Å². The van der Waals surface area contributed by atoms with E-state index < -0.39 is 35.1 Å². The lowest BCUT2D eigenvalue weighted by molar-refractivity contribution is -0.138. The molecule has 0 bridgehead atoms. The Morgan fingerprint density at radius 3 is 1.70 bits per heavy atom. The van der Waals surface area contributed by atoms with Crippen LogP contribution in [0.1, 0.15) is 134 Å². The van der Waals surface area contributed by atoms with Crippen molar-refractivity contribution >= 4 is 23.2 Å². The third kappa shape index (κ3) is 9.59. The molecule has 0 spiro atoms. The Morgan fingerprint density at radius 1 is 0.683 bits per heavy atom. The maximum atomic E-state index is 13.4. The lowest BCUT2D eigenvalue weighted by atomic mass is 9.79. The Balaban J connectivity index is 0.000000189. The molecule has 4 aromatic carbocycles. The molecule has 0 saturated carbocycles. The quantitative estimate of drug-likeness (QED) is 0.154. The number of nitrogens with zero attached hydrogens (tertiary/aromatic N) is 2.